The van der Waals surface area contributed by atoms with Gasteiger partial charge in [-0.25, -0.2) is 4.98 Å². The van der Waals surface area contributed by atoms with Crippen molar-refractivity contribution < 1.29 is 14.3 Å². The molecule has 0 saturated carbocycles. The Labute approximate surface area is 186 Å². The Morgan fingerprint density at radius 3 is 2.42 bits per heavy atom. The molecule has 1 aromatic heterocycles. The maximum atomic E-state index is 12.4. The van der Waals surface area contributed by atoms with Gasteiger partial charge in [-0.3, -0.25) is 9.59 Å². The number of hydrogen-bond acceptors (Lipinski definition) is 5. The topological polar surface area (TPSA) is 85.3 Å². The Morgan fingerprint density at radius 1 is 1.06 bits per heavy atom. The Kier molecular flexibility index (Phi) is 8.12. The SMILES string of the molecule is Cc1ccc(NC(=O)CSC(C)C(=O)Nc2ccc(OCCn3ccnc3)cc2)cc1. The van der Waals surface area contributed by atoms with Crippen LogP contribution in [-0.4, -0.2) is 39.0 Å². The Balaban J connectivity index is 1.38. The van der Waals surface area contributed by atoms with Crippen molar-refractivity contribution in [2.24, 2.45) is 0 Å². The van der Waals surface area contributed by atoms with Gasteiger partial charge in [0.15, 0.2) is 0 Å². The Bertz CT molecular complexity index is 973. The van der Waals surface area contributed by atoms with Gasteiger partial charge in [-0.1, -0.05) is 17.7 Å². The van der Waals surface area contributed by atoms with E-state index in [4.69, 9.17) is 4.74 Å². The lowest BCUT2D eigenvalue weighted by atomic mass is 10.2. The van der Waals surface area contributed by atoms with E-state index in [1.54, 1.807) is 31.6 Å². The number of amides is 2. The van der Waals surface area contributed by atoms with Crippen LogP contribution in [0.4, 0.5) is 11.4 Å². The summed E-state index contributed by atoms with van der Waals surface area (Å²) in [6, 6.07) is 14.8. The molecule has 2 amide bonds. The average molecular weight is 439 g/mol. The molecule has 31 heavy (non-hydrogen) atoms. The molecule has 0 bridgehead atoms. The molecule has 8 heteroatoms. The number of carbonyl (C=O) groups is 2. The molecular weight excluding hydrogens is 412 g/mol. The molecule has 0 saturated heterocycles. The highest BCUT2D eigenvalue weighted by Gasteiger charge is 2.15. The fraction of sp³-hybridized carbons (Fsp3) is 0.261. The first-order valence-corrected chi connectivity index (χ1v) is 11.0. The van der Waals surface area contributed by atoms with Gasteiger partial charge < -0.3 is 19.9 Å². The van der Waals surface area contributed by atoms with Gasteiger partial charge in [-0.2, -0.15) is 0 Å². The number of benzene rings is 2. The summed E-state index contributed by atoms with van der Waals surface area (Å²) in [7, 11) is 0. The van der Waals surface area contributed by atoms with Crippen molar-refractivity contribution in [2.75, 3.05) is 23.0 Å². The lowest BCUT2D eigenvalue weighted by Crippen LogP contribution is -2.25. The zero-order chi connectivity index (χ0) is 22.1. The second-order valence-electron chi connectivity index (χ2n) is 7.03. The van der Waals surface area contributed by atoms with Gasteiger partial charge >= 0.3 is 0 Å². The molecule has 3 aromatic rings. The van der Waals surface area contributed by atoms with E-state index in [1.165, 1.54) is 11.8 Å². The van der Waals surface area contributed by atoms with Crippen molar-refractivity contribution in [3.05, 3.63) is 72.8 Å². The fourth-order valence-corrected chi connectivity index (χ4v) is 3.36. The van der Waals surface area contributed by atoms with Gasteiger partial charge in [0.05, 0.1) is 23.9 Å². The number of anilines is 2. The number of imidazole rings is 1. The number of carbonyl (C=O) groups excluding carboxylic acids is 2. The number of rotatable bonds is 10. The highest BCUT2D eigenvalue weighted by atomic mass is 32.2. The predicted octanol–water partition coefficient (Wildman–Crippen LogP) is 3.97. The monoisotopic (exact) mass is 438 g/mol. The van der Waals surface area contributed by atoms with Gasteiger partial charge in [0.25, 0.3) is 0 Å². The third kappa shape index (κ3) is 7.49. The van der Waals surface area contributed by atoms with Crippen LogP contribution in [0.15, 0.2) is 67.3 Å². The van der Waals surface area contributed by atoms with Crippen LogP contribution < -0.4 is 15.4 Å². The molecule has 0 aliphatic rings. The molecule has 1 heterocycles. The largest absolute Gasteiger partial charge is 0.492 e. The highest BCUT2D eigenvalue weighted by molar-refractivity contribution is 8.01. The number of nitrogens with zero attached hydrogens (tertiary/aromatic N) is 2. The molecule has 0 aliphatic carbocycles. The van der Waals surface area contributed by atoms with Gasteiger partial charge in [-0.05, 0) is 50.2 Å². The van der Waals surface area contributed by atoms with Crippen LogP contribution >= 0.6 is 11.8 Å². The zero-order valence-corrected chi connectivity index (χ0v) is 18.4. The molecule has 2 aromatic carbocycles. The molecule has 2 N–H and O–H groups in total. The second kappa shape index (κ2) is 11.2. The summed E-state index contributed by atoms with van der Waals surface area (Å²) in [5, 5.41) is 5.34. The van der Waals surface area contributed by atoms with Gasteiger partial charge in [0.2, 0.25) is 11.8 Å². The van der Waals surface area contributed by atoms with E-state index in [1.807, 2.05) is 54.1 Å². The Morgan fingerprint density at radius 2 is 1.74 bits per heavy atom. The number of ether oxygens (including phenoxy) is 1. The van der Waals surface area contributed by atoms with Crippen LogP contribution in [0, 0.1) is 6.92 Å². The lowest BCUT2D eigenvalue weighted by molar-refractivity contribution is -0.115. The molecule has 0 aliphatic heterocycles. The standard InChI is InChI=1S/C23H26N4O3S/c1-17-3-5-19(6-4-17)25-22(28)15-31-18(2)23(29)26-20-7-9-21(10-8-20)30-14-13-27-12-11-24-16-27/h3-12,16,18H,13-15H2,1-2H3,(H,25,28)(H,26,29). The van der Waals surface area contributed by atoms with Crippen LogP contribution in [0.2, 0.25) is 0 Å². The predicted molar refractivity (Wildman–Crippen MR) is 125 cm³/mol. The maximum Gasteiger partial charge on any atom is 0.237 e. The first kappa shape index (κ1) is 22.4. The summed E-state index contributed by atoms with van der Waals surface area (Å²) in [5.74, 6) is 0.646. The summed E-state index contributed by atoms with van der Waals surface area (Å²) >= 11 is 1.29. The molecule has 0 spiro atoms. The lowest BCUT2D eigenvalue weighted by Gasteiger charge is -2.13. The minimum atomic E-state index is -0.366. The number of aryl methyl sites for hydroxylation is 1. The number of nitrogens with one attached hydrogen (secondary N) is 2. The van der Waals surface area contributed by atoms with E-state index in [9.17, 15) is 9.59 Å². The highest BCUT2D eigenvalue weighted by Crippen LogP contribution is 2.18. The molecule has 0 fully saturated rings. The number of hydrogen-bond donors (Lipinski definition) is 2. The van der Waals surface area contributed by atoms with Crippen molar-refractivity contribution in [2.45, 2.75) is 25.6 Å². The summed E-state index contributed by atoms with van der Waals surface area (Å²) in [5.41, 5.74) is 2.57. The molecule has 3 rings (SSSR count). The van der Waals surface area contributed by atoms with E-state index in [2.05, 4.69) is 15.6 Å². The van der Waals surface area contributed by atoms with Crippen molar-refractivity contribution >= 4 is 35.0 Å². The summed E-state index contributed by atoms with van der Waals surface area (Å²) in [4.78, 5) is 28.5. The van der Waals surface area contributed by atoms with Gasteiger partial charge in [0.1, 0.15) is 12.4 Å². The second-order valence-corrected chi connectivity index (χ2v) is 8.36. The molecule has 162 valence electrons. The normalized spacial score (nSPS) is 11.5. The van der Waals surface area contributed by atoms with Crippen molar-refractivity contribution in [1.82, 2.24) is 9.55 Å². The molecule has 1 atom stereocenters. The summed E-state index contributed by atoms with van der Waals surface area (Å²) in [6.07, 6.45) is 5.36. The molecule has 0 radical (unpaired) electrons. The van der Waals surface area contributed by atoms with Crippen LogP contribution in [0.5, 0.6) is 5.75 Å². The fourth-order valence-electron chi connectivity index (χ4n) is 2.68. The van der Waals surface area contributed by atoms with Crippen LogP contribution in [0.1, 0.15) is 12.5 Å². The van der Waals surface area contributed by atoms with Crippen LogP contribution in [-0.2, 0) is 16.1 Å². The zero-order valence-electron chi connectivity index (χ0n) is 17.6. The first-order valence-electron chi connectivity index (χ1n) is 9.97. The number of aromatic nitrogens is 2. The minimum Gasteiger partial charge on any atom is -0.492 e. The quantitative estimate of drug-likeness (QED) is 0.500. The van der Waals surface area contributed by atoms with Gasteiger partial charge in [0, 0.05) is 23.8 Å². The van der Waals surface area contributed by atoms with Crippen molar-refractivity contribution in [3.8, 4) is 5.75 Å². The molecular formula is C23H26N4O3S. The van der Waals surface area contributed by atoms with Gasteiger partial charge in [-0.15, -0.1) is 11.8 Å². The third-order valence-corrected chi connectivity index (χ3v) is 5.61. The van der Waals surface area contributed by atoms with Crippen LogP contribution in [0.3, 0.4) is 0 Å². The van der Waals surface area contributed by atoms with Crippen molar-refractivity contribution in [3.63, 3.8) is 0 Å². The third-order valence-electron chi connectivity index (χ3n) is 4.47. The van der Waals surface area contributed by atoms with E-state index in [0.29, 0.717) is 18.8 Å². The van der Waals surface area contributed by atoms with Crippen LogP contribution in [0.25, 0.3) is 0 Å². The average Bonchev–Trinajstić information content (AvgIpc) is 3.28. The Hall–Kier alpha value is -3.26. The first-order chi connectivity index (χ1) is 15.0. The number of thioether (sulfide) groups is 1. The van der Waals surface area contributed by atoms with Crippen molar-refractivity contribution in [1.29, 1.82) is 0 Å². The smallest absolute Gasteiger partial charge is 0.237 e. The summed E-state index contributed by atoms with van der Waals surface area (Å²) in [6.45, 7) is 5.02. The molecule has 7 nitrogen and oxygen atoms in total. The summed E-state index contributed by atoms with van der Waals surface area (Å²) < 4.78 is 7.64. The molecule has 1 unspecified atom stereocenters. The van der Waals surface area contributed by atoms with E-state index in [0.717, 1.165) is 17.0 Å². The van der Waals surface area contributed by atoms with E-state index >= 15 is 0 Å². The maximum absolute atomic E-state index is 12.4. The van der Waals surface area contributed by atoms with E-state index in [-0.39, 0.29) is 22.8 Å². The van der Waals surface area contributed by atoms with E-state index < -0.39 is 0 Å². The minimum absolute atomic E-state index is 0.134.